The normalized spacial score (nSPS) is 20.8. The van der Waals surface area contributed by atoms with E-state index in [1.54, 1.807) is 0 Å². The van der Waals surface area contributed by atoms with Gasteiger partial charge in [-0.05, 0) is 65.3 Å². The van der Waals surface area contributed by atoms with Crippen molar-refractivity contribution in [2.45, 2.75) is 45.1 Å². The summed E-state index contributed by atoms with van der Waals surface area (Å²) in [6.45, 7) is 9.11. The smallest absolute Gasteiger partial charge is 0.157 e. The molecule has 5 aromatic carbocycles. The molecule has 1 fully saturated rings. The average molecular weight is 558 g/mol. The van der Waals surface area contributed by atoms with Crippen LogP contribution in [0.5, 0.6) is 0 Å². The molecule has 8 rings (SSSR count). The predicted octanol–water partition coefficient (Wildman–Crippen LogP) is 9.75. The van der Waals surface area contributed by atoms with Crippen molar-refractivity contribution in [3.05, 3.63) is 144 Å². The molecule has 43 heavy (non-hydrogen) atoms. The van der Waals surface area contributed by atoms with Crippen LogP contribution >= 0.6 is 0 Å². The largest absolute Gasteiger partial charge is 0.297 e. The van der Waals surface area contributed by atoms with Crippen molar-refractivity contribution in [1.29, 1.82) is 0 Å². The molecule has 2 aliphatic rings. The summed E-state index contributed by atoms with van der Waals surface area (Å²) in [4.78, 5) is 10.8. The quantitative estimate of drug-likeness (QED) is 0.153. The molecule has 0 saturated heterocycles. The Hall–Kier alpha value is -4.76. The van der Waals surface area contributed by atoms with Gasteiger partial charge in [-0.25, -0.2) is 4.99 Å². The highest BCUT2D eigenvalue weighted by molar-refractivity contribution is 6.17. The van der Waals surface area contributed by atoms with Crippen LogP contribution in [0.2, 0.25) is 0 Å². The van der Waals surface area contributed by atoms with E-state index in [0.717, 1.165) is 23.7 Å². The van der Waals surface area contributed by atoms with Crippen LogP contribution in [0.4, 0.5) is 0 Å². The maximum absolute atomic E-state index is 5.47. The van der Waals surface area contributed by atoms with E-state index in [-0.39, 0.29) is 11.0 Å². The lowest BCUT2D eigenvalue weighted by molar-refractivity contribution is 0.661. The first-order chi connectivity index (χ1) is 20.9. The van der Waals surface area contributed by atoms with Crippen molar-refractivity contribution in [2.75, 3.05) is 0 Å². The van der Waals surface area contributed by atoms with Crippen molar-refractivity contribution in [3.8, 4) is 11.1 Å². The number of amidine groups is 1. The molecule has 2 atom stereocenters. The van der Waals surface area contributed by atoms with Gasteiger partial charge in [0.05, 0.1) is 16.6 Å². The molecule has 3 heteroatoms. The first-order valence-electron chi connectivity index (χ1n) is 15.3. The average Bonchev–Trinajstić information content (AvgIpc) is 3.49. The van der Waals surface area contributed by atoms with Crippen molar-refractivity contribution in [3.63, 3.8) is 0 Å². The molecule has 0 spiro atoms. The van der Waals surface area contributed by atoms with E-state index >= 15 is 0 Å². The van der Waals surface area contributed by atoms with Crippen molar-refractivity contribution in [2.24, 2.45) is 15.9 Å². The molecular formula is C40H35N3. The molecule has 1 aromatic heterocycles. The number of rotatable bonds is 3. The van der Waals surface area contributed by atoms with Crippen LogP contribution < -0.4 is 0 Å². The van der Waals surface area contributed by atoms with Gasteiger partial charge in [0, 0.05) is 21.8 Å². The molecule has 0 aliphatic heterocycles. The molecule has 0 amide bonds. The molecular weight excluding hydrogens is 522 g/mol. The summed E-state index contributed by atoms with van der Waals surface area (Å²) < 4.78 is 2.34. The van der Waals surface area contributed by atoms with E-state index in [9.17, 15) is 0 Å². The van der Waals surface area contributed by atoms with Gasteiger partial charge in [0.2, 0.25) is 0 Å². The fourth-order valence-electron chi connectivity index (χ4n) is 7.40. The lowest BCUT2D eigenvalue weighted by Crippen LogP contribution is -2.16. The van der Waals surface area contributed by atoms with Crippen LogP contribution in [-0.4, -0.2) is 16.2 Å². The fraction of sp³-hybridized carbons (Fsp3) is 0.200. The SMILES string of the molecule is CC(=NC(=N[C@]1(c2ccccc2)CC1C)c1ccccc1)n1c2ccccc2c2cc3c(cc21)C(C)(C)c1ccccc1-3. The molecule has 0 radical (unpaired) electrons. The molecule has 0 bridgehead atoms. The van der Waals surface area contributed by atoms with Gasteiger partial charge in [0.15, 0.2) is 5.84 Å². The van der Waals surface area contributed by atoms with Crippen LogP contribution in [0, 0.1) is 5.92 Å². The number of para-hydroxylation sites is 1. The Morgan fingerprint density at radius 3 is 2.09 bits per heavy atom. The third kappa shape index (κ3) is 3.88. The predicted molar refractivity (Wildman–Crippen MR) is 180 cm³/mol. The molecule has 3 nitrogen and oxygen atoms in total. The molecule has 6 aromatic rings. The van der Waals surface area contributed by atoms with Crippen molar-refractivity contribution < 1.29 is 0 Å². The zero-order chi connectivity index (χ0) is 29.3. The highest BCUT2D eigenvalue weighted by Crippen LogP contribution is 2.55. The molecule has 0 N–H and O–H groups in total. The van der Waals surface area contributed by atoms with E-state index in [2.05, 4.69) is 154 Å². The molecule has 210 valence electrons. The second-order valence-electron chi connectivity index (χ2n) is 12.8. The summed E-state index contributed by atoms with van der Waals surface area (Å²) in [6, 6.07) is 43.6. The van der Waals surface area contributed by atoms with Gasteiger partial charge in [-0.15, -0.1) is 0 Å². The third-order valence-electron chi connectivity index (χ3n) is 9.85. The van der Waals surface area contributed by atoms with Gasteiger partial charge >= 0.3 is 0 Å². The van der Waals surface area contributed by atoms with Gasteiger partial charge in [-0.2, -0.15) is 0 Å². The van der Waals surface area contributed by atoms with Gasteiger partial charge in [0.25, 0.3) is 0 Å². The molecule has 2 aliphatic carbocycles. The number of nitrogens with zero attached hydrogens (tertiary/aromatic N) is 3. The summed E-state index contributed by atoms with van der Waals surface area (Å²) in [5.74, 6) is 2.16. The summed E-state index contributed by atoms with van der Waals surface area (Å²) >= 11 is 0. The third-order valence-corrected chi connectivity index (χ3v) is 9.85. The fourth-order valence-corrected chi connectivity index (χ4v) is 7.40. The number of aromatic nitrogens is 1. The maximum atomic E-state index is 5.47. The first-order valence-corrected chi connectivity index (χ1v) is 15.3. The van der Waals surface area contributed by atoms with E-state index in [1.807, 2.05) is 0 Å². The zero-order valence-corrected chi connectivity index (χ0v) is 25.2. The highest BCUT2D eigenvalue weighted by atomic mass is 15.1. The highest BCUT2D eigenvalue weighted by Gasteiger charge is 2.53. The number of hydrogen-bond acceptors (Lipinski definition) is 1. The standard InChI is InChI=1S/C40H35N3/c1-26-25-40(26,29-17-9-6-10-18-29)42-38(28-15-7-5-8-16-28)41-27(2)43-36-22-14-12-20-31(36)33-23-32-30-19-11-13-21-34(30)39(3,4)35(32)24-37(33)43/h5-24,26H,25H2,1-4H3/t26?,40-/m1/s1. The lowest BCUT2D eigenvalue weighted by Gasteiger charge is -2.21. The van der Waals surface area contributed by atoms with E-state index in [0.29, 0.717) is 5.92 Å². The Morgan fingerprint density at radius 2 is 1.35 bits per heavy atom. The Kier molecular flexibility index (Phi) is 5.65. The molecule has 1 unspecified atom stereocenters. The minimum Gasteiger partial charge on any atom is -0.297 e. The molecule has 1 heterocycles. The van der Waals surface area contributed by atoms with Crippen molar-refractivity contribution >= 4 is 33.5 Å². The summed E-state index contributed by atoms with van der Waals surface area (Å²) in [6.07, 6.45) is 1.03. The number of aliphatic imine (C=N–C) groups is 2. The summed E-state index contributed by atoms with van der Waals surface area (Å²) in [5, 5.41) is 2.50. The van der Waals surface area contributed by atoms with Crippen LogP contribution in [0.3, 0.4) is 0 Å². The maximum Gasteiger partial charge on any atom is 0.157 e. The van der Waals surface area contributed by atoms with E-state index in [4.69, 9.17) is 9.98 Å². The lowest BCUT2D eigenvalue weighted by atomic mass is 9.82. The van der Waals surface area contributed by atoms with Gasteiger partial charge in [-0.1, -0.05) is 124 Å². The Morgan fingerprint density at radius 1 is 0.698 bits per heavy atom. The second kappa shape index (κ2) is 9.37. The zero-order valence-electron chi connectivity index (χ0n) is 25.2. The Bertz CT molecular complexity index is 2100. The molecule has 1 saturated carbocycles. The van der Waals surface area contributed by atoms with Crippen LogP contribution in [-0.2, 0) is 11.0 Å². The Balaban J connectivity index is 1.36. The van der Waals surface area contributed by atoms with Gasteiger partial charge < -0.3 is 0 Å². The monoisotopic (exact) mass is 557 g/mol. The second-order valence-corrected chi connectivity index (χ2v) is 12.8. The summed E-state index contributed by atoms with van der Waals surface area (Å²) in [7, 11) is 0. The minimum absolute atomic E-state index is 0.0761. The van der Waals surface area contributed by atoms with E-state index in [1.165, 1.54) is 49.6 Å². The number of benzene rings is 5. The van der Waals surface area contributed by atoms with Crippen LogP contribution in [0.15, 0.2) is 131 Å². The topological polar surface area (TPSA) is 29.6 Å². The number of fused-ring (bicyclic) bond motifs is 6. The van der Waals surface area contributed by atoms with Crippen molar-refractivity contribution in [1.82, 2.24) is 4.57 Å². The number of hydrogen-bond donors (Lipinski definition) is 0. The minimum atomic E-state index is -0.242. The summed E-state index contributed by atoms with van der Waals surface area (Å²) in [5.41, 5.74) is 9.77. The van der Waals surface area contributed by atoms with Gasteiger partial charge in [0.1, 0.15) is 5.84 Å². The Labute approximate surface area is 253 Å². The van der Waals surface area contributed by atoms with Crippen LogP contribution in [0.25, 0.3) is 32.9 Å². The van der Waals surface area contributed by atoms with E-state index < -0.39 is 0 Å². The van der Waals surface area contributed by atoms with Gasteiger partial charge in [-0.3, -0.25) is 9.56 Å². The van der Waals surface area contributed by atoms with Crippen LogP contribution in [0.1, 0.15) is 56.4 Å². The first kappa shape index (κ1) is 25.9.